The molecule has 2 aliphatic heterocycles. The van der Waals surface area contributed by atoms with Crippen molar-refractivity contribution in [2.75, 3.05) is 32.8 Å². The third kappa shape index (κ3) is 5.85. The van der Waals surface area contributed by atoms with Crippen LogP contribution in [0.15, 0.2) is 24.3 Å². The van der Waals surface area contributed by atoms with Gasteiger partial charge in [-0.2, -0.15) is 0 Å². The first-order valence-electron chi connectivity index (χ1n) is 9.86. The number of carbonyl (C=O) groups is 1. The first kappa shape index (κ1) is 20.9. The van der Waals surface area contributed by atoms with Crippen LogP contribution in [0, 0.1) is 5.82 Å². The van der Waals surface area contributed by atoms with Gasteiger partial charge in [-0.15, -0.1) is 0 Å². The van der Waals surface area contributed by atoms with Gasteiger partial charge in [0, 0.05) is 44.1 Å². The number of rotatable bonds is 8. The monoisotopic (exact) mass is 399 g/mol. The number of benzene rings is 1. The minimum absolute atomic E-state index is 0.120. The van der Waals surface area contributed by atoms with Crippen LogP contribution in [-0.2, 0) is 4.79 Å². The Bertz CT molecular complexity index is 674. The van der Waals surface area contributed by atoms with E-state index in [-0.39, 0.29) is 43.2 Å². The van der Waals surface area contributed by atoms with E-state index in [1.54, 1.807) is 12.1 Å². The smallest absolute Gasteiger partial charge is 0.265 e. The lowest BCUT2D eigenvalue weighted by molar-refractivity contribution is -0.147. The van der Waals surface area contributed by atoms with Crippen LogP contribution in [-0.4, -0.2) is 66.5 Å². The number of halogens is 3. The number of alkyl halides is 2. The Morgan fingerprint density at radius 1 is 1.36 bits per heavy atom. The zero-order chi connectivity index (χ0) is 20.1. The van der Waals surface area contributed by atoms with E-state index in [4.69, 9.17) is 10.5 Å². The summed E-state index contributed by atoms with van der Waals surface area (Å²) in [6, 6.07) is 5.95. The van der Waals surface area contributed by atoms with E-state index in [2.05, 4.69) is 4.90 Å². The Hall–Kier alpha value is -1.80. The maximum Gasteiger partial charge on any atom is 0.265 e. The van der Waals surface area contributed by atoms with Gasteiger partial charge in [-0.05, 0) is 37.9 Å². The Morgan fingerprint density at radius 3 is 2.96 bits per heavy atom. The molecule has 0 radical (unpaired) electrons. The summed E-state index contributed by atoms with van der Waals surface area (Å²) in [5.74, 6) is -2.89. The van der Waals surface area contributed by atoms with Crippen molar-refractivity contribution in [1.29, 1.82) is 0 Å². The second kappa shape index (κ2) is 9.13. The van der Waals surface area contributed by atoms with Crippen LogP contribution in [0.1, 0.15) is 32.1 Å². The second-order valence-corrected chi connectivity index (χ2v) is 7.78. The molecule has 2 atom stereocenters. The molecule has 0 saturated carbocycles. The lowest BCUT2D eigenvalue weighted by Crippen LogP contribution is -2.51. The number of piperidine rings is 1. The van der Waals surface area contributed by atoms with Gasteiger partial charge in [-0.25, -0.2) is 13.2 Å². The Labute approximate surface area is 163 Å². The molecule has 156 valence electrons. The van der Waals surface area contributed by atoms with Crippen LogP contribution in [0.5, 0.6) is 5.75 Å². The van der Waals surface area contributed by atoms with Gasteiger partial charge < -0.3 is 15.4 Å². The summed E-state index contributed by atoms with van der Waals surface area (Å²) in [7, 11) is 0. The third-order valence-electron chi connectivity index (χ3n) is 5.46. The maximum absolute atomic E-state index is 13.5. The highest BCUT2D eigenvalue weighted by molar-refractivity contribution is 5.77. The van der Waals surface area contributed by atoms with Crippen molar-refractivity contribution in [2.45, 2.75) is 50.1 Å². The molecular weight excluding hydrogens is 371 g/mol. The topological polar surface area (TPSA) is 58.8 Å². The first-order valence-corrected chi connectivity index (χ1v) is 9.86. The van der Waals surface area contributed by atoms with E-state index in [9.17, 15) is 18.0 Å². The number of hydrogen-bond acceptors (Lipinski definition) is 4. The number of carbonyl (C=O) groups excluding carboxylic acids is 1. The molecule has 28 heavy (non-hydrogen) atoms. The van der Waals surface area contributed by atoms with E-state index in [0.717, 1.165) is 25.9 Å². The highest BCUT2D eigenvalue weighted by Crippen LogP contribution is 2.27. The van der Waals surface area contributed by atoms with Crippen LogP contribution in [0.25, 0.3) is 0 Å². The molecule has 1 aromatic rings. The van der Waals surface area contributed by atoms with Gasteiger partial charge in [0.1, 0.15) is 18.2 Å². The Balaban J connectivity index is 1.43. The van der Waals surface area contributed by atoms with Gasteiger partial charge >= 0.3 is 0 Å². The normalized spacial score (nSPS) is 23.8. The summed E-state index contributed by atoms with van der Waals surface area (Å²) in [6.45, 7) is 1.73. The maximum atomic E-state index is 13.5. The number of hydrogen-bond donors (Lipinski definition) is 1. The average molecular weight is 399 g/mol. The van der Waals surface area contributed by atoms with Crippen LogP contribution < -0.4 is 10.5 Å². The molecule has 0 unspecified atom stereocenters. The van der Waals surface area contributed by atoms with Crippen molar-refractivity contribution < 1.29 is 22.7 Å². The van der Waals surface area contributed by atoms with Gasteiger partial charge in [0.15, 0.2) is 0 Å². The summed E-state index contributed by atoms with van der Waals surface area (Å²) in [4.78, 5) is 15.3. The van der Waals surface area contributed by atoms with Crippen molar-refractivity contribution in [1.82, 2.24) is 9.80 Å². The molecule has 0 aliphatic carbocycles. The van der Waals surface area contributed by atoms with Crippen LogP contribution in [0.4, 0.5) is 13.2 Å². The molecule has 2 aliphatic rings. The van der Waals surface area contributed by atoms with Crippen LogP contribution in [0.3, 0.4) is 0 Å². The molecule has 2 fully saturated rings. The number of amides is 1. The van der Waals surface area contributed by atoms with Crippen molar-refractivity contribution >= 4 is 5.91 Å². The first-order chi connectivity index (χ1) is 13.3. The average Bonchev–Trinajstić information content (AvgIpc) is 3.09. The molecule has 3 rings (SSSR count). The number of nitrogens with zero attached hydrogens (tertiary/aromatic N) is 2. The van der Waals surface area contributed by atoms with E-state index >= 15 is 0 Å². The molecule has 0 aromatic heterocycles. The fourth-order valence-corrected chi connectivity index (χ4v) is 3.89. The predicted molar refractivity (Wildman–Crippen MR) is 99.8 cm³/mol. The van der Waals surface area contributed by atoms with E-state index in [1.165, 1.54) is 17.0 Å². The molecular formula is C20H28F3N3O2. The third-order valence-corrected chi connectivity index (χ3v) is 5.46. The largest absolute Gasteiger partial charge is 0.492 e. The van der Waals surface area contributed by atoms with Crippen molar-refractivity contribution in [3.63, 3.8) is 0 Å². The summed E-state index contributed by atoms with van der Waals surface area (Å²) >= 11 is 0. The number of nitrogens with two attached hydrogens (primary N) is 1. The van der Waals surface area contributed by atoms with E-state index in [0.29, 0.717) is 18.8 Å². The minimum Gasteiger partial charge on any atom is -0.492 e. The SMILES string of the molecule is N[C@@H](CCN1CCC[C@H]1COc1cccc(F)c1)CN1CC(F)(F)CCC1=O. The Kier molecular flexibility index (Phi) is 6.82. The van der Waals surface area contributed by atoms with E-state index < -0.39 is 12.5 Å². The summed E-state index contributed by atoms with van der Waals surface area (Å²) in [6.07, 6.45) is 2.15. The second-order valence-electron chi connectivity index (χ2n) is 7.78. The van der Waals surface area contributed by atoms with Crippen molar-refractivity contribution in [2.24, 2.45) is 5.73 Å². The zero-order valence-corrected chi connectivity index (χ0v) is 16.0. The Morgan fingerprint density at radius 2 is 2.18 bits per heavy atom. The fourth-order valence-electron chi connectivity index (χ4n) is 3.89. The van der Waals surface area contributed by atoms with Gasteiger partial charge in [0.25, 0.3) is 5.92 Å². The molecule has 2 heterocycles. The van der Waals surface area contributed by atoms with Crippen LogP contribution >= 0.6 is 0 Å². The minimum atomic E-state index is -2.82. The predicted octanol–water partition coefficient (Wildman–Crippen LogP) is 2.64. The molecule has 1 aromatic carbocycles. The molecule has 5 nitrogen and oxygen atoms in total. The summed E-state index contributed by atoms with van der Waals surface area (Å²) < 4.78 is 46.0. The molecule has 0 bridgehead atoms. The van der Waals surface area contributed by atoms with Gasteiger partial charge in [0.05, 0.1) is 6.54 Å². The molecule has 2 saturated heterocycles. The number of ether oxygens (including phenoxy) is 1. The summed E-state index contributed by atoms with van der Waals surface area (Å²) in [5, 5.41) is 0. The van der Waals surface area contributed by atoms with Gasteiger partial charge in [0.2, 0.25) is 5.91 Å². The van der Waals surface area contributed by atoms with Crippen molar-refractivity contribution in [3.8, 4) is 5.75 Å². The van der Waals surface area contributed by atoms with Crippen molar-refractivity contribution in [3.05, 3.63) is 30.1 Å². The number of likely N-dealkylation sites (tertiary alicyclic amines) is 2. The highest BCUT2D eigenvalue weighted by Gasteiger charge is 2.39. The highest BCUT2D eigenvalue weighted by atomic mass is 19.3. The lowest BCUT2D eigenvalue weighted by atomic mass is 10.1. The van der Waals surface area contributed by atoms with Gasteiger partial charge in [-0.3, -0.25) is 9.69 Å². The standard InChI is InChI=1S/C20H28F3N3O2/c21-15-3-1-5-18(11-15)28-13-17-4-2-9-25(17)10-7-16(24)12-26-14-20(22,23)8-6-19(26)27/h1,3,5,11,16-17H,2,4,6-10,12-14,24H2/t16-,17-/m0/s1. The molecule has 8 heteroatoms. The molecule has 1 amide bonds. The van der Waals surface area contributed by atoms with Crippen LogP contribution in [0.2, 0.25) is 0 Å². The molecule has 0 spiro atoms. The fraction of sp³-hybridized carbons (Fsp3) is 0.650. The summed E-state index contributed by atoms with van der Waals surface area (Å²) in [5.41, 5.74) is 6.12. The lowest BCUT2D eigenvalue weighted by Gasteiger charge is -2.34. The zero-order valence-electron chi connectivity index (χ0n) is 16.0. The van der Waals surface area contributed by atoms with Gasteiger partial charge in [-0.1, -0.05) is 6.07 Å². The quantitative estimate of drug-likeness (QED) is 0.730. The van der Waals surface area contributed by atoms with E-state index in [1.807, 2.05) is 0 Å². The molecule has 2 N–H and O–H groups in total.